The van der Waals surface area contributed by atoms with Crippen LogP contribution in [0.5, 0.6) is 0 Å². The quantitative estimate of drug-likeness (QED) is 0.652. The van der Waals surface area contributed by atoms with E-state index < -0.39 is 11.2 Å². The molecule has 0 saturated carbocycles. The minimum absolute atomic E-state index is 0.193. The molecule has 0 aliphatic rings. The van der Waals surface area contributed by atoms with Crippen molar-refractivity contribution in [3.8, 4) is 10.6 Å². The first-order chi connectivity index (χ1) is 13.0. The monoisotopic (exact) mass is 385 g/mol. The highest BCUT2D eigenvalue weighted by Crippen LogP contribution is 2.25. The number of hydrogen-bond acceptors (Lipinski definition) is 6. The molecule has 0 atom stereocenters. The van der Waals surface area contributed by atoms with E-state index in [4.69, 9.17) is 5.73 Å². The van der Waals surface area contributed by atoms with E-state index in [1.54, 1.807) is 23.3 Å². The molecule has 2 heterocycles. The molecule has 3 aromatic rings. The number of nitrogen functional groups attached to an aromatic ring is 1. The van der Waals surface area contributed by atoms with Crippen LogP contribution in [-0.4, -0.2) is 21.6 Å². The minimum Gasteiger partial charge on any atom is -0.383 e. The predicted octanol–water partition coefficient (Wildman–Crippen LogP) is 2.68. The molecule has 0 bridgehead atoms. The van der Waals surface area contributed by atoms with Gasteiger partial charge >= 0.3 is 5.69 Å². The highest BCUT2D eigenvalue weighted by atomic mass is 32.1. The Kier molecular flexibility index (Phi) is 5.75. The Hall–Kier alpha value is -2.87. The maximum absolute atomic E-state index is 12.3. The zero-order valence-electron chi connectivity index (χ0n) is 15.4. The second kappa shape index (κ2) is 8.22. The van der Waals surface area contributed by atoms with Crippen LogP contribution in [0.3, 0.4) is 0 Å². The molecular weight excluding hydrogens is 362 g/mol. The Labute approximate surface area is 161 Å². The lowest BCUT2D eigenvalue weighted by molar-refractivity contribution is 0.603. The van der Waals surface area contributed by atoms with Crippen molar-refractivity contribution in [2.24, 2.45) is 0 Å². The van der Waals surface area contributed by atoms with Gasteiger partial charge < -0.3 is 10.6 Å². The standard InChI is InChI=1S/C19H23N5O2S/c1-3-4-10-24-16(20)15(17(25)22-19(24)26)23(2)11-14-12-27-18(21-14)13-8-6-5-7-9-13/h5-9,12H,3-4,10-11,20H2,1-2H3,(H,22,25,26). The number of nitrogens with one attached hydrogen (secondary N) is 1. The fourth-order valence-electron chi connectivity index (χ4n) is 2.90. The van der Waals surface area contributed by atoms with Crippen LogP contribution in [-0.2, 0) is 13.1 Å². The number of hydrogen-bond donors (Lipinski definition) is 2. The largest absolute Gasteiger partial charge is 0.383 e. The van der Waals surface area contributed by atoms with Crippen molar-refractivity contribution in [1.29, 1.82) is 0 Å². The lowest BCUT2D eigenvalue weighted by Crippen LogP contribution is -2.37. The number of benzene rings is 1. The molecule has 0 radical (unpaired) electrons. The molecule has 8 heteroatoms. The van der Waals surface area contributed by atoms with Gasteiger partial charge in [-0.2, -0.15) is 0 Å². The average Bonchev–Trinajstić information content (AvgIpc) is 3.10. The van der Waals surface area contributed by atoms with E-state index in [2.05, 4.69) is 9.97 Å². The highest BCUT2D eigenvalue weighted by molar-refractivity contribution is 7.13. The van der Waals surface area contributed by atoms with Gasteiger partial charge in [0.2, 0.25) is 0 Å². The lowest BCUT2D eigenvalue weighted by Gasteiger charge is -2.21. The van der Waals surface area contributed by atoms with Crippen LogP contribution < -0.4 is 21.9 Å². The maximum Gasteiger partial charge on any atom is 0.330 e. The third-order valence-electron chi connectivity index (χ3n) is 4.30. The number of anilines is 2. The SMILES string of the molecule is CCCCn1c(N)c(N(C)Cc2csc(-c3ccccc3)n2)c(=O)[nH]c1=O. The number of nitrogens with zero attached hydrogens (tertiary/aromatic N) is 3. The summed E-state index contributed by atoms with van der Waals surface area (Å²) in [6.07, 6.45) is 1.74. The van der Waals surface area contributed by atoms with Crippen molar-refractivity contribution in [1.82, 2.24) is 14.5 Å². The molecule has 0 amide bonds. The smallest absolute Gasteiger partial charge is 0.330 e. The van der Waals surface area contributed by atoms with Crippen molar-refractivity contribution in [3.63, 3.8) is 0 Å². The Morgan fingerprint density at radius 3 is 2.70 bits per heavy atom. The van der Waals surface area contributed by atoms with Crippen LogP contribution in [0.4, 0.5) is 11.5 Å². The van der Waals surface area contributed by atoms with Crippen LogP contribution in [0, 0.1) is 0 Å². The number of thiazole rings is 1. The molecule has 0 unspecified atom stereocenters. The molecule has 2 aromatic heterocycles. The fourth-order valence-corrected chi connectivity index (χ4v) is 3.72. The van der Waals surface area contributed by atoms with Crippen LogP contribution in [0.25, 0.3) is 10.6 Å². The summed E-state index contributed by atoms with van der Waals surface area (Å²) in [7, 11) is 1.77. The highest BCUT2D eigenvalue weighted by Gasteiger charge is 2.17. The van der Waals surface area contributed by atoms with Gasteiger partial charge in [0.1, 0.15) is 16.5 Å². The van der Waals surface area contributed by atoms with Gasteiger partial charge in [0, 0.05) is 24.5 Å². The van der Waals surface area contributed by atoms with E-state index in [0.29, 0.717) is 18.8 Å². The van der Waals surface area contributed by atoms with Gasteiger partial charge in [-0.05, 0) is 6.42 Å². The van der Waals surface area contributed by atoms with Gasteiger partial charge in [-0.1, -0.05) is 43.7 Å². The molecule has 0 aliphatic heterocycles. The summed E-state index contributed by atoms with van der Waals surface area (Å²) in [5.41, 5.74) is 7.40. The van der Waals surface area contributed by atoms with E-state index in [1.807, 2.05) is 42.6 Å². The molecular formula is C19H23N5O2S. The Balaban J connectivity index is 1.86. The predicted molar refractivity (Wildman–Crippen MR) is 110 cm³/mol. The van der Waals surface area contributed by atoms with Crippen LogP contribution >= 0.6 is 11.3 Å². The lowest BCUT2D eigenvalue weighted by atomic mass is 10.2. The van der Waals surface area contributed by atoms with Crippen molar-refractivity contribution >= 4 is 22.8 Å². The molecule has 142 valence electrons. The summed E-state index contributed by atoms with van der Waals surface area (Å²) in [6, 6.07) is 9.94. The molecule has 27 heavy (non-hydrogen) atoms. The number of aromatic nitrogens is 3. The average molecular weight is 385 g/mol. The second-order valence-electron chi connectivity index (χ2n) is 6.36. The molecule has 1 aromatic carbocycles. The van der Waals surface area contributed by atoms with Crippen molar-refractivity contribution in [2.45, 2.75) is 32.9 Å². The van der Waals surface area contributed by atoms with Gasteiger partial charge in [-0.15, -0.1) is 11.3 Å². The van der Waals surface area contributed by atoms with E-state index in [9.17, 15) is 9.59 Å². The van der Waals surface area contributed by atoms with E-state index >= 15 is 0 Å². The normalized spacial score (nSPS) is 10.9. The summed E-state index contributed by atoms with van der Waals surface area (Å²) < 4.78 is 1.42. The van der Waals surface area contributed by atoms with E-state index in [-0.39, 0.29) is 5.82 Å². The Morgan fingerprint density at radius 2 is 2.00 bits per heavy atom. The summed E-state index contributed by atoms with van der Waals surface area (Å²) in [5.74, 6) is 0.193. The molecule has 0 saturated heterocycles. The van der Waals surface area contributed by atoms with Crippen LogP contribution in [0.15, 0.2) is 45.3 Å². The zero-order valence-corrected chi connectivity index (χ0v) is 16.3. The Bertz CT molecular complexity index is 1020. The van der Waals surface area contributed by atoms with Gasteiger partial charge in [-0.25, -0.2) is 9.78 Å². The number of unbranched alkanes of at least 4 members (excludes halogenated alkanes) is 1. The first-order valence-corrected chi connectivity index (χ1v) is 9.72. The third kappa shape index (κ3) is 4.11. The fraction of sp³-hybridized carbons (Fsp3) is 0.316. The van der Waals surface area contributed by atoms with Crippen LogP contribution in [0.1, 0.15) is 25.5 Å². The zero-order chi connectivity index (χ0) is 19.4. The molecule has 7 nitrogen and oxygen atoms in total. The van der Waals surface area contributed by atoms with Crippen LogP contribution in [0.2, 0.25) is 0 Å². The first-order valence-electron chi connectivity index (χ1n) is 8.84. The molecule has 0 aliphatic carbocycles. The number of aromatic amines is 1. The Morgan fingerprint density at radius 1 is 1.26 bits per heavy atom. The number of rotatable bonds is 7. The molecule has 0 fully saturated rings. The minimum atomic E-state index is -0.480. The maximum atomic E-state index is 12.3. The number of H-pyrrole nitrogens is 1. The molecule has 3 N–H and O–H groups in total. The summed E-state index contributed by atoms with van der Waals surface area (Å²) >= 11 is 1.55. The van der Waals surface area contributed by atoms with Crippen molar-refractivity contribution in [3.05, 3.63) is 62.2 Å². The summed E-state index contributed by atoms with van der Waals surface area (Å²) in [4.78, 5) is 33.1. The van der Waals surface area contributed by atoms with E-state index in [0.717, 1.165) is 29.1 Å². The number of nitrogens with two attached hydrogens (primary N) is 1. The van der Waals surface area contributed by atoms with Gasteiger partial charge in [0.15, 0.2) is 0 Å². The summed E-state index contributed by atoms with van der Waals surface area (Å²) in [5, 5.41) is 2.89. The molecule has 0 spiro atoms. The van der Waals surface area contributed by atoms with Gasteiger partial charge in [0.25, 0.3) is 5.56 Å². The molecule has 3 rings (SSSR count). The second-order valence-corrected chi connectivity index (χ2v) is 7.22. The third-order valence-corrected chi connectivity index (χ3v) is 5.24. The van der Waals surface area contributed by atoms with Crippen molar-refractivity contribution in [2.75, 3.05) is 17.7 Å². The van der Waals surface area contributed by atoms with Crippen molar-refractivity contribution < 1.29 is 0 Å². The first kappa shape index (κ1) is 18.9. The van der Waals surface area contributed by atoms with E-state index in [1.165, 1.54) is 4.57 Å². The summed E-state index contributed by atoms with van der Waals surface area (Å²) in [6.45, 7) is 2.93. The topological polar surface area (TPSA) is 97.0 Å². The van der Waals surface area contributed by atoms with Gasteiger partial charge in [-0.3, -0.25) is 14.3 Å². The van der Waals surface area contributed by atoms with Gasteiger partial charge in [0.05, 0.1) is 12.2 Å².